The smallest absolute Gasteiger partial charge is 0.258 e. The molecule has 0 atom stereocenters. The van der Waals surface area contributed by atoms with Crippen LogP contribution in [-0.2, 0) is 10.0 Å². The van der Waals surface area contributed by atoms with E-state index in [1.807, 2.05) is 49.4 Å². The van der Waals surface area contributed by atoms with Crippen molar-refractivity contribution in [2.75, 3.05) is 18.0 Å². The molecule has 0 unspecified atom stereocenters. The number of halogens is 1. The second kappa shape index (κ2) is 9.65. The molecule has 0 aromatic heterocycles. The SMILES string of the molecule is Cc1ccc(C(=O)N(CCCNS(=O)(=O)c2ccc(F)cc2)c2ccccc2)cc1. The average Bonchev–Trinajstić information content (AvgIpc) is 2.75. The van der Waals surface area contributed by atoms with E-state index < -0.39 is 15.8 Å². The van der Waals surface area contributed by atoms with E-state index in [1.54, 1.807) is 17.0 Å². The number of benzene rings is 3. The van der Waals surface area contributed by atoms with E-state index in [1.165, 1.54) is 12.1 Å². The molecule has 0 radical (unpaired) electrons. The Balaban J connectivity index is 1.67. The van der Waals surface area contributed by atoms with E-state index in [0.717, 1.165) is 23.4 Å². The van der Waals surface area contributed by atoms with Crippen molar-refractivity contribution in [3.63, 3.8) is 0 Å². The molecule has 0 heterocycles. The number of nitrogens with zero attached hydrogens (tertiary/aromatic N) is 1. The average molecular weight is 427 g/mol. The highest BCUT2D eigenvalue weighted by Crippen LogP contribution is 2.18. The van der Waals surface area contributed by atoms with Crippen molar-refractivity contribution in [3.8, 4) is 0 Å². The fourth-order valence-corrected chi connectivity index (χ4v) is 4.02. The van der Waals surface area contributed by atoms with Gasteiger partial charge < -0.3 is 4.90 Å². The minimum atomic E-state index is -3.74. The Hall–Kier alpha value is -3.03. The highest BCUT2D eigenvalue weighted by molar-refractivity contribution is 7.89. The minimum Gasteiger partial charge on any atom is -0.308 e. The molecule has 1 N–H and O–H groups in total. The van der Waals surface area contributed by atoms with Crippen molar-refractivity contribution in [3.05, 3.63) is 95.8 Å². The van der Waals surface area contributed by atoms with Crippen LogP contribution in [0, 0.1) is 12.7 Å². The third-order valence-corrected chi connectivity index (χ3v) is 6.06. The molecule has 5 nitrogen and oxygen atoms in total. The van der Waals surface area contributed by atoms with Gasteiger partial charge in [-0.3, -0.25) is 4.79 Å². The molecule has 3 rings (SSSR count). The molecule has 156 valence electrons. The summed E-state index contributed by atoms with van der Waals surface area (Å²) in [7, 11) is -3.74. The second-order valence-electron chi connectivity index (χ2n) is 6.86. The van der Waals surface area contributed by atoms with Gasteiger partial charge in [0.15, 0.2) is 0 Å². The van der Waals surface area contributed by atoms with Crippen LogP contribution < -0.4 is 9.62 Å². The van der Waals surface area contributed by atoms with Gasteiger partial charge in [-0.05, 0) is 61.9 Å². The predicted octanol–water partition coefficient (Wildman–Crippen LogP) is 4.15. The van der Waals surface area contributed by atoms with Gasteiger partial charge in [0, 0.05) is 24.3 Å². The molecule has 0 aliphatic carbocycles. The normalized spacial score (nSPS) is 11.3. The van der Waals surface area contributed by atoms with Crippen LogP contribution in [-0.4, -0.2) is 27.4 Å². The van der Waals surface area contributed by atoms with Crippen LogP contribution in [0.25, 0.3) is 0 Å². The first-order valence-corrected chi connectivity index (χ1v) is 11.0. The monoisotopic (exact) mass is 426 g/mol. The number of hydrogen-bond donors (Lipinski definition) is 1. The van der Waals surface area contributed by atoms with Crippen LogP contribution in [0.2, 0.25) is 0 Å². The molecule has 3 aromatic carbocycles. The number of amides is 1. The summed E-state index contributed by atoms with van der Waals surface area (Å²) < 4.78 is 40.2. The third kappa shape index (κ3) is 5.52. The van der Waals surface area contributed by atoms with E-state index in [4.69, 9.17) is 0 Å². The van der Waals surface area contributed by atoms with Crippen LogP contribution in [0.4, 0.5) is 10.1 Å². The molecular weight excluding hydrogens is 403 g/mol. The summed E-state index contributed by atoms with van der Waals surface area (Å²) in [5, 5.41) is 0. The lowest BCUT2D eigenvalue weighted by Gasteiger charge is -2.23. The van der Waals surface area contributed by atoms with Gasteiger partial charge in [0.2, 0.25) is 10.0 Å². The van der Waals surface area contributed by atoms with E-state index in [-0.39, 0.29) is 17.3 Å². The number of rotatable bonds is 8. The molecule has 0 fully saturated rings. The van der Waals surface area contributed by atoms with Crippen LogP contribution in [0.3, 0.4) is 0 Å². The Morgan fingerprint density at radius 2 is 1.57 bits per heavy atom. The van der Waals surface area contributed by atoms with Crippen molar-refractivity contribution >= 4 is 21.6 Å². The maximum absolute atomic E-state index is 13.1. The summed E-state index contributed by atoms with van der Waals surface area (Å²) in [5.74, 6) is -0.648. The predicted molar refractivity (Wildman–Crippen MR) is 116 cm³/mol. The van der Waals surface area contributed by atoms with Crippen LogP contribution in [0.1, 0.15) is 22.3 Å². The number of aryl methyl sites for hydroxylation is 1. The van der Waals surface area contributed by atoms with Crippen molar-refractivity contribution in [2.45, 2.75) is 18.2 Å². The van der Waals surface area contributed by atoms with Crippen molar-refractivity contribution in [1.82, 2.24) is 4.72 Å². The molecule has 0 saturated heterocycles. The minimum absolute atomic E-state index is 0.000419. The van der Waals surface area contributed by atoms with E-state index in [2.05, 4.69) is 4.72 Å². The lowest BCUT2D eigenvalue weighted by molar-refractivity contribution is 0.0986. The number of anilines is 1. The summed E-state index contributed by atoms with van der Waals surface area (Å²) in [6.07, 6.45) is 0.410. The number of sulfonamides is 1. The molecule has 30 heavy (non-hydrogen) atoms. The second-order valence-corrected chi connectivity index (χ2v) is 8.63. The summed E-state index contributed by atoms with van der Waals surface area (Å²) in [5.41, 5.74) is 2.37. The molecule has 1 amide bonds. The maximum atomic E-state index is 13.1. The van der Waals surface area contributed by atoms with Crippen molar-refractivity contribution < 1.29 is 17.6 Å². The Kier molecular flexibility index (Phi) is 6.97. The molecular formula is C23H23FN2O3S. The molecule has 0 saturated carbocycles. The number of hydrogen-bond acceptors (Lipinski definition) is 3. The van der Waals surface area contributed by atoms with Gasteiger partial charge in [0.1, 0.15) is 5.82 Å². The fraction of sp³-hybridized carbons (Fsp3) is 0.174. The summed E-state index contributed by atoms with van der Waals surface area (Å²) in [4.78, 5) is 14.7. The van der Waals surface area contributed by atoms with Gasteiger partial charge in [-0.2, -0.15) is 0 Å². The Morgan fingerprint density at radius 3 is 2.20 bits per heavy atom. The topological polar surface area (TPSA) is 66.5 Å². The van der Waals surface area contributed by atoms with Gasteiger partial charge in [-0.1, -0.05) is 35.9 Å². The molecule has 7 heteroatoms. The fourth-order valence-electron chi connectivity index (χ4n) is 2.95. The number of nitrogens with one attached hydrogen (secondary N) is 1. The standard InChI is InChI=1S/C23H23FN2O3S/c1-18-8-10-19(11-9-18)23(27)26(21-6-3-2-4-7-21)17-5-16-25-30(28,29)22-14-12-20(24)13-15-22/h2-4,6-15,25H,5,16-17H2,1H3. The zero-order valence-electron chi connectivity index (χ0n) is 16.6. The maximum Gasteiger partial charge on any atom is 0.258 e. The lowest BCUT2D eigenvalue weighted by atomic mass is 10.1. The van der Waals surface area contributed by atoms with Gasteiger partial charge >= 0.3 is 0 Å². The lowest BCUT2D eigenvalue weighted by Crippen LogP contribution is -2.34. The van der Waals surface area contributed by atoms with E-state index in [0.29, 0.717) is 18.5 Å². The third-order valence-electron chi connectivity index (χ3n) is 4.59. The summed E-state index contributed by atoms with van der Waals surface area (Å²) >= 11 is 0. The first-order chi connectivity index (χ1) is 14.4. The first kappa shape index (κ1) is 21.7. The van der Waals surface area contributed by atoms with Crippen molar-refractivity contribution in [2.24, 2.45) is 0 Å². The Morgan fingerprint density at radius 1 is 0.933 bits per heavy atom. The molecule has 0 aliphatic rings. The van der Waals surface area contributed by atoms with Gasteiger partial charge in [0.25, 0.3) is 5.91 Å². The van der Waals surface area contributed by atoms with Gasteiger partial charge in [0.05, 0.1) is 4.90 Å². The molecule has 0 spiro atoms. The number of carbonyl (C=O) groups is 1. The number of para-hydroxylation sites is 1. The van der Waals surface area contributed by atoms with Crippen LogP contribution in [0.5, 0.6) is 0 Å². The largest absolute Gasteiger partial charge is 0.308 e. The molecule has 3 aromatic rings. The highest BCUT2D eigenvalue weighted by Gasteiger charge is 2.18. The van der Waals surface area contributed by atoms with Crippen LogP contribution >= 0.6 is 0 Å². The summed E-state index contributed by atoms with van der Waals surface area (Å²) in [6, 6.07) is 21.2. The highest BCUT2D eigenvalue weighted by atomic mass is 32.2. The zero-order chi connectivity index (χ0) is 21.6. The van der Waals surface area contributed by atoms with Crippen LogP contribution in [0.15, 0.2) is 83.8 Å². The van der Waals surface area contributed by atoms with E-state index in [9.17, 15) is 17.6 Å². The van der Waals surface area contributed by atoms with Gasteiger partial charge in [-0.25, -0.2) is 17.5 Å². The Bertz CT molecular complexity index is 1080. The summed E-state index contributed by atoms with van der Waals surface area (Å²) in [6.45, 7) is 2.43. The zero-order valence-corrected chi connectivity index (χ0v) is 17.4. The first-order valence-electron chi connectivity index (χ1n) is 9.56. The quantitative estimate of drug-likeness (QED) is 0.551. The molecule has 0 aliphatic heterocycles. The van der Waals surface area contributed by atoms with E-state index >= 15 is 0 Å². The molecule has 0 bridgehead atoms. The Labute approximate surface area is 176 Å². The number of carbonyl (C=O) groups excluding carboxylic acids is 1. The van der Waals surface area contributed by atoms with Crippen molar-refractivity contribution in [1.29, 1.82) is 0 Å². The van der Waals surface area contributed by atoms with Gasteiger partial charge in [-0.15, -0.1) is 0 Å².